The Hall–Kier alpha value is -3.48. The highest BCUT2D eigenvalue weighted by molar-refractivity contribution is 5.97. The van der Waals surface area contributed by atoms with Gasteiger partial charge in [0.15, 0.2) is 28.6 Å². The van der Waals surface area contributed by atoms with Gasteiger partial charge in [-0.2, -0.15) is 5.10 Å². The number of phenolic OH excluding ortho intramolecular Hbond substituents is 1. The zero-order valence-electron chi connectivity index (χ0n) is 14.4. The molecule has 3 aromatic rings. The smallest absolute Gasteiger partial charge is 0.307 e. The third-order valence-corrected chi connectivity index (χ3v) is 3.62. The zero-order chi connectivity index (χ0) is 18.5. The summed E-state index contributed by atoms with van der Waals surface area (Å²) in [6.45, 7) is 2.25. The van der Waals surface area contributed by atoms with Crippen LogP contribution in [0.25, 0.3) is 11.0 Å². The van der Waals surface area contributed by atoms with Gasteiger partial charge in [0, 0.05) is 5.39 Å². The molecule has 0 aliphatic rings. The summed E-state index contributed by atoms with van der Waals surface area (Å²) in [4.78, 5) is 12.2. The number of aromatic hydroxyl groups is 1. The molecule has 1 aromatic heterocycles. The minimum Gasteiger partial charge on any atom is -0.504 e. The molecule has 26 heavy (non-hydrogen) atoms. The Morgan fingerprint density at radius 3 is 2.88 bits per heavy atom. The fraction of sp³-hybridized carbons (Fsp3) is 0.158. The van der Waals surface area contributed by atoms with E-state index in [1.807, 2.05) is 19.1 Å². The summed E-state index contributed by atoms with van der Waals surface area (Å²) in [5, 5.41) is 14.3. The van der Waals surface area contributed by atoms with Crippen molar-refractivity contribution in [2.24, 2.45) is 5.10 Å². The van der Waals surface area contributed by atoms with Crippen LogP contribution in [0.15, 0.2) is 52.0 Å². The average Bonchev–Trinajstić information content (AvgIpc) is 3.09. The van der Waals surface area contributed by atoms with Gasteiger partial charge in [-0.15, -0.1) is 0 Å². The molecule has 0 spiro atoms. The molecule has 2 N–H and O–H groups in total. The number of furan rings is 1. The Morgan fingerprint density at radius 2 is 2.12 bits per heavy atom. The van der Waals surface area contributed by atoms with E-state index in [0.29, 0.717) is 29.3 Å². The van der Waals surface area contributed by atoms with Gasteiger partial charge >= 0.3 is 5.91 Å². The van der Waals surface area contributed by atoms with E-state index in [-0.39, 0.29) is 11.5 Å². The summed E-state index contributed by atoms with van der Waals surface area (Å²) >= 11 is 0. The van der Waals surface area contributed by atoms with Crippen molar-refractivity contribution in [1.29, 1.82) is 0 Å². The second kappa shape index (κ2) is 7.60. The minimum absolute atomic E-state index is 0.0456. The van der Waals surface area contributed by atoms with E-state index in [1.54, 1.807) is 24.3 Å². The number of hydrogen-bond donors (Lipinski definition) is 2. The van der Waals surface area contributed by atoms with Gasteiger partial charge in [0.2, 0.25) is 0 Å². The largest absolute Gasteiger partial charge is 0.504 e. The van der Waals surface area contributed by atoms with Crippen molar-refractivity contribution in [3.8, 4) is 17.2 Å². The number of benzene rings is 2. The molecule has 1 heterocycles. The van der Waals surface area contributed by atoms with Crippen molar-refractivity contribution in [1.82, 2.24) is 5.43 Å². The van der Waals surface area contributed by atoms with Crippen LogP contribution in [0, 0.1) is 0 Å². The van der Waals surface area contributed by atoms with E-state index >= 15 is 0 Å². The summed E-state index contributed by atoms with van der Waals surface area (Å²) in [5.74, 6) is 0.597. The molecule has 0 aliphatic heterocycles. The summed E-state index contributed by atoms with van der Waals surface area (Å²) in [5.41, 5.74) is 3.57. The first-order valence-corrected chi connectivity index (χ1v) is 7.98. The number of hydrazone groups is 1. The van der Waals surface area contributed by atoms with Crippen LogP contribution in [0.4, 0.5) is 0 Å². The number of phenols is 1. The number of carbonyl (C=O) groups is 1. The molecule has 0 bridgehead atoms. The van der Waals surface area contributed by atoms with E-state index in [0.717, 1.165) is 5.39 Å². The number of hydrogen-bond acceptors (Lipinski definition) is 6. The highest BCUT2D eigenvalue weighted by Crippen LogP contribution is 2.28. The molecule has 7 nitrogen and oxygen atoms in total. The number of para-hydroxylation sites is 1. The molecule has 0 aliphatic carbocycles. The van der Waals surface area contributed by atoms with Crippen molar-refractivity contribution < 1.29 is 23.8 Å². The van der Waals surface area contributed by atoms with E-state index < -0.39 is 5.91 Å². The van der Waals surface area contributed by atoms with Crippen molar-refractivity contribution in [2.45, 2.75) is 6.92 Å². The second-order valence-electron chi connectivity index (χ2n) is 5.35. The number of nitrogens with zero attached hydrogens (tertiary/aromatic N) is 1. The average molecular weight is 354 g/mol. The first-order valence-electron chi connectivity index (χ1n) is 7.98. The fourth-order valence-electron chi connectivity index (χ4n) is 2.41. The minimum atomic E-state index is -0.483. The predicted octanol–water partition coefficient (Wildman–Crippen LogP) is 3.31. The third kappa shape index (κ3) is 3.61. The van der Waals surface area contributed by atoms with Crippen molar-refractivity contribution in [3.63, 3.8) is 0 Å². The Labute approximate surface area is 149 Å². The van der Waals surface area contributed by atoms with E-state index in [2.05, 4.69) is 10.5 Å². The quantitative estimate of drug-likeness (QED) is 0.523. The highest BCUT2D eigenvalue weighted by atomic mass is 16.5. The number of methoxy groups -OCH3 is 1. The number of ether oxygens (including phenoxy) is 2. The van der Waals surface area contributed by atoms with Crippen LogP contribution in [-0.2, 0) is 0 Å². The predicted molar refractivity (Wildman–Crippen MR) is 97.1 cm³/mol. The van der Waals surface area contributed by atoms with Crippen LogP contribution in [0.5, 0.6) is 17.2 Å². The lowest BCUT2D eigenvalue weighted by Gasteiger charge is -2.05. The highest BCUT2D eigenvalue weighted by Gasteiger charge is 2.14. The molecular weight excluding hydrogens is 336 g/mol. The maximum atomic E-state index is 12.2. The van der Waals surface area contributed by atoms with Crippen LogP contribution < -0.4 is 14.9 Å². The fourth-order valence-corrected chi connectivity index (χ4v) is 2.41. The van der Waals surface area contributed by atoms with Gasteiger partial charge in [-0.1, -0.05) is 12.1 Å². The van der Waals surface area contributed by atoms with Gasteiger partial charge in [-0.05, 0) is 42.8 Å². The SMILES string of the molecule is CCOc1cc(/C=N\NC(=O)c2cc3cccc(OC)c3o2)ccc1O. The van der Waals surface area contributed by atoms with E-state index in [1.165, 1.54) is 19.4 Å². The number of amides is 1. The second-order valence-corrected chi connectivity index (χ2v) is 5.35. The van der Waals surface area contributed by atoms with E-state index in [9.17, 15) is 9.90 Å². The van der Waals surface area contributed by atoms with Crippen molar-refractivity contribution >= 4 is 23.1 Å². The molecule has 0 unspecified atom stereocenters. The number of fused-ring (bicyclic) bond motifs is 1. The molecule has 0 saturated heterocycles. The van der Waals surface area contributed by atoms with Crippen LogP contribution in [0.2, 0.25) is 0 Å². The number of rotatable bonds is 6. The Bertz CT molecular complexity index is 962. The van der Waals surface area contributed by atoms with Gasteiger partial charge in [0.1, 0.15) is 0 Å². The number of nitrogens with one attached hydrogen (secondary N) is 1. The first-order chi connectivity index (χ1) is 12.6. The Morgan fingerprint density at radius 1 is 1.27 bits per heavy atom. The lowest BCUT2D eigenvalue weighted by atomic mass is 10.2. The summed E-state index contributed by atoms with van der Waals surface area (Å²) in [7, 11) is 1.54. The van der Waals surface area contributed by atoms with Crippen molar-refractivity contribution in [3.05, 3.63) is 53.8 Å². The molecule has 7 heteroatoms. The van der Waals surface area contributed by atoms with Crippen LogP contribution >= 0.6 is 0 Å². The maximum absolute atomic E-state index is 12.2. The molecule has 0 atom stereocenters. The lowest BCUT2D eigenvalue weighted by molar-refractivity contribution is 0.0929. The lowest BCUT2D eigenvalue weighted by Crippen LogP contribution is -2.16. The molecular formula is C19H18N2O5. The molecule has 0 saturated carbocycles. The van der Waals surface area contributed by atoms with Crippen LogP contribution in [-0.4, -0.2) is 30.9 Å². The van der Waals surface area contributed by atoms with Gasteiger partial charge in [0.25, 0.3) is 0 Å². The van der Waals surface area contributed by atoms with Crippen LogP contribution in [0.1, 0.15) is 23.0 Å². The third-order valence-electron chi connectivity index (χ3n) is 3.62. The van der Waals surface area contributed by atoms with Crippen LogP contribution in [0.3, 0.4) is 0 Å². The topological polar surface area (TPSA) is 93.3 Å². The van der Waals surface area contributed by atoms with Gasteiger partial charge in [-0.3, -0.25) is 4.79 Å². The normalized spacial score (nSPS) is 11.0. The zero-order valence-corrected chi connectivity index (χ0v) is 14.4. The Kier molecular flexibility index (Phi) is 5.07. The number of carbonyl (C=O) groups excluding carboxylic acids is 1. The summed E-state index contributed by atoms with van der Waals surface area (Å²) in [6.07, 6.45) is 1.45. The van der Waals surface area contributed by atoms with Gasteiger partial charge in [0.05, 0.1) is 19.9 Å². The molecule has 2 aromatic carbocycles. The van der Waals surface area contributed by atoms with Gasteiger partial charge in [-0.25, -0.2) is 5.43 Å². The first kappa shape index (κ1) is 17.3. The van der Waals surface area contributed by atoms with Crippen molar-refractivity contribution in [2.75, 3.05) is 13.7 Å². The molecule has 134 valence electrons. The standard InChI is InChI=1S/C19H18N2O5/c1-3-25-16-9-12(7-8-14(16)22)11-20-21-19(23)17-10-13-5-4-6-15(24-2)18(13)26-17/h4-11,22H,3H2,1-2H3,(H,21,23)/b20-11-. The summed E-state index contributed by atoms with van der Waals surface area (Å²) in [6, 6.07) is 11.8. The molecule has 0 radical (unpaired) electrons. The Balaban J connectivity index is 1.72. The van der Waals surface area contributed by atoms with E-state index in [4.69, 9.17) is 13.9 Å². The molecule has 3 rings (SSSR count). The maximum Gasteiger partial charge on any atom is 0.307 e. The monoisotopic (exact) mass is 354 g/mol. The molecule has 0 fully saturated rings. The van der Waals surface area contributed by atoms with Gasteiger partial charge < -0.3 is 19.0 Å². The summed E-state index contributed by atoms with van der Waals surface area (Å²) < 4.78 is 16.1. The molecule has 1 amide bonds.